The van der Waals surface area contributed by atoms with E-state index in [1.54, 1.807) is 0 Å². The predicted molar refractivity (Wildman–Crippen MR) is 67.0 cm³/mol. The van der Waals surface area contributed by atoms with Gasteiger partial charge in [-0.15, -0.1) is 6.42 Å². The number of rotatable bonds is 4. The molecular weight excluding hydrogens is 210 g/mol. The minimum atomic E-state index is 0.779. The average Bonchev–Trinajstić information content (AvgIpc) is 2.54. The zero-order chi connectivity index (χ0) is 9.80. The summed E-state index contributed by atoms with van der Waals surface area (Å²) >= 11 is 4.14. The van der Waals surface area contributed by atoms with Crippen molar-refractivity contribution >= 4 is 23.5 Å². The fourth-order valence-corrected chi connectivity index (χ4v) is 4.09. The first-order valence-electron chi connectivity index (χ1n) is 5.23. The largest absolute Gasteiger partial charge is 0.287 e. The second kappa shape index (κ2) is 5.34. The van der Waals surface area contributed by atoms with Crippen LogP contribution in [-0.4, -0.2) is 47.0 Å². The van der Waals surface area contributed by atoms with Crippen LogP contribution >= 0.6 is 23.5 Å². The van der Waals surface area contributed by atoms with E-state index in [0.29, 0.717) is 0 Å². The Morgan fingerprint density at radius 3 is 2.64 bits per heavy atom. The molecule has 0 spiro atoms. The fourth-order valence-electron chi connectivity index (χ4n) is 1.95. The molecule has 1 nitrogen and oxygen atoms in total. The Morgan fingerprint density at radius 2 is 2.14 bits per heavy atom. The van der Waals surface area contributed by atoms with E-state index in [4.69, 9.17) is 6.42 Å². The first-order valence-corrected chi connectivity index (χ1v) is 7.54. The Hall–Kier alpha value is 0.220. The van der Waals surface area contributed by atoms with Gasteiger partial charge >= 0.3 is 0 Å². The summed E-state index contributed by atoms with van der Waals surface area (Å²) in [6.45, 7) is 2.09. The highest BCUT2D eigenvalue weighted by atomic mass is 32.2. The third-order valence-electron chi connectivity index (χ3n) is 2.95. The Morgan fingerprint density at radius 1 is 1.29 bits per heavy atom. The van der Waals surface area contributed by atoms with Crippen molar-refractivity contribution in [3.63, 3.8) is 0 Å². The van der Waals surface area contributed by atoms with Crippen LogP contribution in [-0.2, 0) is 0 Å². The molecule has 14 heavy (non-hydrogen) atoms. The lowest BCUT2D eigenvalue weighted by Crippen LogP contribution is -2.46. The van der Waals surface area contributed by atoms with Gasteiger partial charge in [-0.25, -0.2) is 0 Å². The van der Waals surface area contributed by atoms with E-state index in [1.165, 1.54) is 36.0 Å². The molecule has 0 amide bonds. The zero-order valence-corrected chi connectivity index (χ0v) is 10.1. The molecule has 1 atom stereocenters. The SMILES string of the molecule is C#CCN(CC1CCSC1)C1CSC1. The first kappa shape index (κ1) is 10.7. The lowest BCUT2D eigenvalue weighted by molar-refractivity contribution is 0.217. The summed E-state index contributed by atoms with van der Waals surface area (Å²) in [7, 11) is 0. The van der Waals surface area contributed by atoms with Gasteiger partial charge < -0.3 is 0 Å². The topological polar surface area (TPSA) is 3.24 Å². The third kappa shape index (κ3) is 2.62. The van der Waals surface area contributed by atoms with Gasteiger partial charge in [0.2, 0.25) is 0 Å². The summed E-state index contributed by atoms with van der Waals surface area (Å²) in [4.78, 5) is 2.52. The van der Waals surface area contributed by atoms with Crippen LogP contribution in [0.2, 0.25) is 0 Å². The Kier molecular flexibility index (Phi) is 4.10. The molecule has 0 saturated carbocycles. The molecule has 2 saturated heterocycles. The summed E-state index contributed by atoms with van der Waals surface area (Å²) in [5.41, 5.74) is 0. The van der Waals surface area contributed by atoms with Gasteiger partial charge in [-0.1, -0.05) is 5.92 Å². The highest BCUT2D eigenvalue weighted by Crippen LogP contribution is 2.28. The first-order chi connectivity index (χ1) is 6.90. The smallest absolute Gasteiger partial charge is 0.0601 e. The van der Waals surface area contributed by atoms with Crippen molar-refractivity contribution < 1.29 is 0 Å². The summed E-state index contributed by atoms with van der Waals surface area (Å²) < 4.78 is 0. The molecule has 0 aromatic heterocycles. The maximum atomic E-state index is 5.42. The summed E-state index contributed by atoms with van der Waals surface area (Å²) in [6.07, 6.45) is 6.81. The molecule has 2 heterocycles. The number of terminal acetylenes is 1. The van der Waals surface area contributed by atoms with Crippen LogP contribution < -0.4 is 0 Å². The number of thioether (sulfide) groups is 2. The lowest BCUT2D eigenvalue weighted by Gasteiger charge is -2.37. The molecule has 0 bridgehead atoms. The normalized spacial score (nSPS) is 27.6. The summed E-state index contributed by atoms with van der Waals surface area (Å²) in [5, 5.41) is 0. The van der Waals surface area contributed by atoms with Crippen molar-refractivity contribution in [1.29, 1.82) is 0 Å². The van der Waals surface area contributed by atoms with Crippen molar-refractivity contribution in [2.75, 3.05) is 36.1 Å². The Bertz CT molecular complexity index is 214. The number of nitrogens with zero attached hydrogens (tertiary/aromatic N) is 1. The molecule has 2 fully saturated rings. The Labute approximate surface area is 95.4 Å². The van der Waals surface area contributed by atoms with E-state index >= 15 is 0 Å². The minimum Gasteiger partial charge on any atom is -0.287 e. The van der Waals surface area contributed by atoms with Crippen LogP contribution in [0.5, 0.6) is 0 Å². The van der Waals surface area contributed by atoms with Gasteiger partial charge in [-0.05, 0) is 23.8 Å². The molecule has 0 aromatic carbocycles. The maximum absolute atomic E-state index is 5.42. The monoisotopic (exact) mass is 227 g/mol. The summed E-state index contributed by atoms with van der Waals surface area (Å²) in [6, 6.07) is 0.779. The fraction of sp³-hybridized carbons (Fsp3) is 0.818. The summed E-state index contributed by atoms with van der Waals surface area (Å²) in [5.74, 6) is 8.99. The van der Waals surface area contributed by atoms with E-state index in [9.17, 15) is 0 Å². The van der Waals surface area contributed by atoms with Gasteiger partial charge in [0.15, 0.2) is 0 Å². The number of hydrogen-bond donors (Lipinski definition) is 0. The van der Waals surface area contributed by atoms with Crippen molar-refractivity contribution in [3.8, 4) is 12.3 Å². The highest BCUT2D eigenvalue weighted by Gasteiger charge is 2.27. The molecule has 2 rings (SSSR count). The lowest BCUT2D eigenvalue weighted by atomic mass is 10.1. The standard InChI is InChI=1S/C11H17NS2/c1-2-4-12(11-8-14-9-11)6-10-3-5-13-7-10/h1,10-11H,3-9H2. The molecule has 0 radical (unpaired) electrons. The van der Waals surface area contributed by atoms with E-state index < -0.39 is 0 Å². The molecule has 78 valence electrons. The van der Waals surface area contributed by atoms with Crippen LogP contribution in [0.3, 0.4) is 0 Å². The van der Waals surface area contributed by atoms with Crippen molar-refractivity contribution in [2.45, 2.75) is 12.5 Å². The predicted octanol–water partition coefficient (Wildman–Crippen LogP) is 1.79. The van der Waals surface area contributed by atoms with Crippen LogP contribution in [0, 0.1) is 18.3 Å². The molecule has 1 unspecified atom stereocenters. The molecule has 0 N–H and O–H groups in total. The zero-order valence-electron chi connectivity index (χ0n) is 8.45. The quantitative estimate of drug-likeness (QED) is 0.674. The third-order valence-corrected chi connectivity index (χ3v) is 5.42. The molecule has 2 aliphatic rings. The highest BCUT2D eigenvalue weighted by molar-refractivity contribution is 8.00. The molecule has 3 heteroatoms. The molecular formula is C11H17NS2. The van der Waals surface area contributed by atoms with E-state index in [0.717, 1.165) is 18.5 Å². The van der Waals surface area contributed by atoms with Gasteiger partial charge in [0, 0.05) is 24.1 Å². The van der Waals surface area contributed by atoms with Gasteiger partial charge in [-0.3, -0.25) is 4.90 Å². The van der Waals surface area contributed by atoms with Crippen LogP contribution in [0.25, 0.3) is 0 Å². The molecule has 2 aliphatic heterocycles. The molecule has 0 aromatic rings. The van der Waals surface area contributed by atoms with Crippen molar-refractivity contribution in [3.05, 3.63) is 0 Å². The van der Waals surface area contributed by atoms with Gasteiger partial charge in [-0.2, -0.15) is 23.5 Å². The van der Waals surface area contributed by atoms with Crippen LogP contribution in [0.15, 0.2) is 0 Å². The van der Waals surface area contributed by atoms with Crippen LogP contribution in [0.4, 0.5) is 0 Å². The van der Waals surface area contributed by atoms with E-state index in [2.05, 4.69) is 22.6 Å². The van der Waals surface area contributed by atoms with Crippen LogP contribution in [0.1, 0.15) is 6.42 Å². The van der Waals surface area contributed by atoms with Crippen molar-refractivity contribution in [1.82, 2.24) is 4.90 Å². The number of hydrogen-bond acceptors (Lipinski definition) is 3. The minimum absolute atomic E-state index is 0.779. The average molecular weight is 227 g/mol. The second-order valence-corrected chi connectivity index (χ2v) is 6.28. The Balaban J connectivity index is 1.80. The van der Waals surface area contributed by atoms with Crippen molar-refractivity contribution in [2.24, 2.45) is 5.92 Å². The van der Waals surface area contributed by atoms with E-state index in [-0.39, 0.29) is 0 Å². The molecule has 0 aliphatic carbocycles. The van der Waals surface area contributed by atoms with E-state index in [1.807, 2.05) is 11.8 Å². The van der Waals surface area contributed by atoms with Gasteiger partial charge in [0.25, 0.3) is 0 Å². The second-order valence-electron chi connectivity index (χ2n) is 4.05. The van der Waals surface area contributed by atoms with Gasteiger partial charge in [0.05, 0.1) is 6.54 Å². The maximum Gasteiger partial charge on any atom is 0.0601 e. The van der Waals surface area contributed by atoms with Gasteiger partial charge in [0.1, 0.15) is 0 Å².